The zero-order valence-corrected chi connectivity index (χ0v) is 6.39. The van der Waals surface area contributed by atoms with Crippen LogP contribution in [-0.4, -0.2) is 21.9 Å². The summed E-state index contributed by atoms with van der Waals surface area (Å²) in [5.41, 5.74) is -0.185. The topological polar surface area (TPSA) is 26.3 Å². The summed E-state index contributed by atoms with van der Waals surface area (Å²) < 4.78 is 4.71. The molecule has 0 saturated carbocycles. The van der Waals surface area contributed by atoms with Crippen molar-refractivity contribution in [1.82, 2.24) is 0 Å². The van der Waals surface area contributed by atoms with Crippen LogP contribution in [0.5, 0.6) is 0 Å². The van der Waals surface area contributed by atoms with Crippen molar-refractivity contribution in [1.29, 1.82) is 0 Å². The Morgan fingerprint density at radius 3 is 2.89 bits per heavy atom. The fourth-order valence-corrected chi connectivity index (χ4v) is 0.388. The van der Waals surface area contributed by atoms with E-state index in [1.807, 2.05) is 6.92 Å². The molecule has 0 aliphatic rings. The van der Waals surface area contributed by atoms with Crippen LogP contribution in [-0.2, 0) is 9.53 Å². The molecule has 0 bridgehead atoms. The van der Waals surface area contributed by atoms with Gasteiger partial charge in [0, 0.05) is 6.08 Å². The maximum Gasteiger partial charge on any atom is 0.330 e. The summed E-state index contributed by atoms with van der Waals surface area (Å²) in [7, 11) is 3.17. The van der Waals surface area contributed by atoms with E-state index in [1.165, 1.54) is 0 Å². The SMILES string of the molecule is C=CC(=O)OC([Si])CC. The third-order valence-electron chi connectivity index (χ3n) is 0.796. The maximum absolute atomic E-state index is 10.4. The third kappa shape index (κ3) is 3.97. The molecule has 0 rings (SSSR count). The van der Waals surface area contributed by atoms with Gasteiger partial charge in [-0.05, 0) is 6.42 Å². The molecule has 0 fully saturated rings. The van der Waals surface area contributed by atoms with Crippen molar-refractivity contribution in [3.05, 3.63) is 12.7 Å². The predicted octanol–water partition coefficient (Wildman–Crippen LogP) is 0.620. The van der Waals surface area contributed by atoms with E-state index in [9.17, 15) is 4.79 Å². The second kappa shape index (κ2) is 4.32. The Morgan fingerprint density at radius 1 is 2.00 bits per heavy atom. The first-order valence-corrected chi connectivity index (χ1v) is 3.32. The molecular weight excluding hydrogens is 132 g/mol. The molecule has 3 radical (unpaired) electrons. The minimum Gasteiger partial charge on any atom is -0.464 e. The van der Waals surface area contributed by atoms with Gasteiger partial charge in [-0.2, -0.15) is 0 Å². The van der Waals surface area contributed by atoms with Gasteiger partial charge in [0.05, 0.1) is 16.0 Å². The van der Waals surface area contributed by atoms with E-state index >= 15 is 0 Å². The van der Waals surface area contributed by atoms with Gasteiger partial charge in [0.2, 0.25) is 0 Å². The van der Waals surface area contributed by atoms with Gasteiger partial charge in [0.1, 0.15) is 0 Å². The van der Waals surface area contributed by atoms with Crippen molar-refractivity contribution in [2.45, 2.75) is 19.1 Å². The normalized spacial score (nSPS) is 12.2. The average Bonchev–Trinajstić information content (AvgIpc) is 1.87. The Bertz CT molecular complexity index is 112. The quantitative estimate of drug-likeness (QED) is 0.327. The smallest absolute Gasteiger partial charge is 0.330 e. The highest BCUT2D eigenvalue weighted by atomic mass is 28.1. The molecule has 0 heterocycles. The number of esters is 1. The van der Waals surface area contributed by atoms with Crippen LogP contribution in [0.2, 0.25) is 0 Å². The Morgan fingerprint density at radius 2 is 2.56 bits per heavy atom. The van der Waals surface area contributed by atoms with Gasteiger partial charge in [-0.15, -0.1) is 0 Å². The van der Waals surface area contributed by atoms with E-state index in [2.05, 4.69) is 16.8 Å². The number of carbonyl (C=O) groups is 1. The lowest BCUT2D eigenvalue weighted by molar-refractivity contribution is -0.139. The zero-order chi connectivity index (χ0) is 7.28. The summed E-state index contributed by atoms with van der Waals surface area (Å²) in [5.74, 6) is -0.392. The summed E-state index contributed by atoms with van der Waals surface area (Å²) in [6.45, 7) is 5.16. The summed E-state index contributed by atoms with van der Waals surface area (Å²) in [5, 5.41) is 0. The van der Waals surface area contributed by atoms with Crippen LogP contribution in [0, 0.1) is 0 Å². The first-order chi connectivity index (χ1) is 4.20. The number of hydrogen-bond donors (Lipinski definition) is 0. The van der Waals surface area contributed by atoms with Gasteiger partial charge in [-0.25, -0.2) is 4.79 Å². The van der Waals surface area contributed by atoms with Gasteiger partial charge in [0.25, 0.3) is 0 Å². The first-order valence-electron chi connectivity index (χ1n) is 2.74. The predicted molar refractivity (Wildman–Crippen MR) is 36.1 cm³/mol. The lowest BCUT2D eigenvalue weighted by Gasteiger charge is -2.06. The van der Waals surface area contributed by atoms with Crippen molar-refractivity contribution in [2.24, 2.45) is 0 Å². The van der Waals surface area contributed by atoms with Crippen molar-refractivity contribution in [3.63, 3.8) is 0 Å². The molecule has 49 valence electrons. The summed E-state index contributed by atoms with van der Waals surface area (Å²) in [6.07, 6.45) is 1.90. The van der Waals surface area contributed by atoms with Gasteiger partial charge in [0.15, 0.2) is 0 Å². The van der Waals surface area contributed by atoms with Crippen LogP contribution in [0.4, 0.5) is 0 Å². The van der Waals surface area contributed by atoms with Crippen LogP contribution in [0.25, 0.3) is 0 Å². The first kappa shape index (κ1) is 8.43. The molecule has 0 amide bonds. The fourth-order valence-electron chi connectivity index (χ4n) is 0.272. The summed E-state index contributed by atoms with van der Waals surface area (Å²) in [4.78, 5) is 10.4. The van der Waals surface area contributed by atoms with Gasteiger partial charge in [-0.1, -0.05) is 13.5 Å². The minimum atomic E-state index is -0.392. The molecule has 0 spiro atoms. The van der Waals surface area contributed by atoms with E-state index in [4.69, 9.17) is 4.74 Å². The highest BCUT2D eigenvalue weighted by Crippen LogP contribution is 1.91. The number of rotatable bonds is 3. The average molecular weight is 141 g/mol. The zero-order valence-electron chi connectivity index (χ0n) is 5.39. The highest BCUT2D eigenvalue weighted by Gasteiger charge is 2.01. The van der Waals surface area contributed by atoms with Crippen molar-refractivity contribution in [2.75, 3.05) is 0 Å². The second-order valence-corrected chi connectivity index (χ2v) is 2.18. The second-order valence-electron chi connectivity index (χ2n) is 1.54. The molecule has 9 heavy (non-hydrogen) atoms. The minimum absolute atomic E-state index is 0.185. The van der Waals surface area contributed by atoms with Crippen LogP contribution < -0.4 is 0 Å². The Balaban J connectivity index is 3.46. The fraction of sp³-hybridized carbons (Fsp3) is 0.500. The van der Waals surface area contributed by atoms with Crippen LogP contribution >= 0.6 is 0 Å². The third-order valence-corrected chi connectivity index (χ3v) is 1.32. The highest BCUT2D eigenvalue weighted by molar-refractivity contribution is 6.11. The number of carbonyl (C=O) groups excluding carboxylic acids is 1. The molecule has 2 nitrogen and oxygen atoms in total. The van der Waals surface area contributed by atoms with Crippen LogP contribution in [0.3, 0.4) is 0 Å². The molecule has 0 aliphatic carbocycles. The van der Waals surface area contributed by atoms with Crippen LogP contribution in [0.1, 0.15) is 13.3 Å². The largest absolute Gasteiger partial charge is 0.464 e. The number of ether oxygens (including phenoxy) is 1. The lowest BCUT2D eigenvalue weighted by Crippen LogP contribution is -2.14. The van der Waals surface area contributed by atoms with E-state index in [0.29, 0.717) is 0 Å². The van der Waals surface area contributed by atoms with E-state index in [-0.39, 0.29) is 5.73 Å². The molecule has 3 heteroatoms. The van der Waals surface area contributed by atoms with Crippen LogP contribution in [0.15, 0.2) is 12.7 Å². The monoisotopic (exact) mass is 141 g/mol. The number of hydrogen-bond acceptors (Lipinski definition) is 2. The molecule has 1 atom stereocenters. The molecule has 0 N–H and O–H groups in total. The van der Waals surface area contributed by atoms with E-state index in [0.717, 1.165) is 12.5 Å². The van der Waals surface area contributed by atoms with Gasteiger partial charge in [-0.3, -0.25) is 0 Å². The summed E-state index contributed by atoms with van der Waals surface area (Å²) >= 11 is 0. The van der Waals surface area contributed by atoms with Crippen molar-refractivity contribution >= 4 is 16.2 Å². The van der Waals surface area contributed by atoms with Gasteiger partial charge >= 0.3 is 5.97 Å². The molecule has 0 aliphatic heterocycles. The molecule has 0 aromatic carbocycles. The molecule has 0 saturated heterocycles. The Labute approximate surface area is 58.3 Å². The standard InChI is InChI=1S/C6H9O2Si/c1-3-5(7)8-6(9)4-2/h3,6H,1,4H2,2H3. The molecule has 1 unspecified atom stereocenters. The molecular formula is C6H9O2Si. The maximum atomic E-state index is 10.4. The Hall–Kier alpha value is -0.573. The Kier molecular flexibility index (Phi) is 4.04. The molecule has 0 aromatic heterocycles. The van der Waals surface area contributed by atoms with E-state index in [1.54, 1.807) is 0 Å². The molecule has 0 aromatic rings. The van der Waals surface area contributed by atoms with Gasteiger partial charge < -0.3 is 4.74 Å². The van der Waals surface area contributed by atoms with E-state index < -0.39 is 5.97 Å². The van der Waals surface area contributed by atoms with Crippen molar-refractivity contribution < 1.29 is 9.53 Å². The summed E-state index contributed by atoms with van der Waals surface area (Å²) in [6, 6.07) is 0. The lowest BCUT2D eigenvalue weighted by atomic mass is 10.5. The van der Waals surface area contributed by atoms with Crippen molar-refractivity contribution in [3.8, 4) is 0 Å².